The van der Waals surface area contributed by atoms with Crippen LogP contribution < -0.4 is 9.46 Å². The van der Waals surface area contributed by atoms with E-state index in [4.69, 9.17) is 16.3 Å². The lowest BCUT2D eigenvalue weighted by atomic mass is 9.50. The lowest BCUT2D eigenvalue weighted by molar-refractivity contribution is -0.0750. The number of halogens is 3. The Morgan fingerprint density at radius 3 is 2.21 bits per heavy atom. The molecule has 0 heterocycles. The number of benzene rings is 1. The highest BCUT2D eigenvalue weighted by Gasteiger charge is 2.51. The molecule has 0 atom stereocenters. The summed E-state index contributed by atoms with van der Waals surface area (Å²) < 4.78 is 58.5. The minimum Gasteiger partial charge on any atom is -0.488 e. The van der Waals surface area contributed by atoms with Gasteiger partial charge >= 0.3 is 0 Å². The lowest BCUT2D eigenvalue weighted by Crippen LogP contribution is -2.48. The highest BCUT2D eigenvalue weighted by atomic mass is 35.5. The number of hydrogen-bond donors (Lipinski definition) is 1. The van der Waals surface area contributed by atoms with E-state index in [1.165, 1.54) is 19.3 Å². The minimum atomic E-state index is -3.92. The Kier molecular flexibility index (Phi) is 4.85. The van der Waals surface area contributed by atoms with Gasteiger partial charge in [0.2, 0.25) is 15.8 Å². The lowest BCUT2D eigenvalue weighted by Gasteiger charge is -2.56. The van der Waals surface area contributed by atoms with E-state index in [0.717, 1.165) is 31.6 Å². The number of hydrogen-bond acceptors (Lipinski definition) is 4. The summed E-state index contributed by atoms with van der Waals surface area (Å²) in [4.78, 5) is 11.9. The van der Waals surface area contributed by atoms with Crippen LogP contribution in [0, 0.1) is 34.8 Å². The topological polar surface area (TPSA) is 72.5 Å². The molecule has 4 saturated carbocycles. The molecule has 0 saturated heterocycles. The molecule has 5 rings (SSSR count). The fraction of sp³-hybridized carbons (Fsp3) is 0.632. The largest absolute Gasteiger partial charge is 0.488 e. The molecule has 0 aliphatic heterocycles. The van der Waals surface area contributed by atoms with Crippen molar-refractivity contribution in [3.8, 4) is 5.75 Å². The van der Waals surface area contributed by atoms with E-state index in [1.54, 1.807) is 4.72 Å². The van der Waals surface area contributed by atoms with Crippen LogP contribution in [0.2, 0.25) is 5.02 Å². The van der Waals surface area contributed by atoms with Crippen LogP contribution in [0.3, 0.4) is 0 Å². The fourth-order valence-electron chi connectivity index (χ4n) is 5.79. The zero-order chi connectivity index (χ0) is 20.3. The highest BCUT2D eigenvalue weighted by molar-refractivity contribution is 7.89. The van der Waals surface area contributed by atoms with E-state index in [1.807, 2.05) is 0 Å². The molecule has 4 bridgehead atoms. The van der Waals surface area contributed by atoms with Crippen molar-refractivity contribution in [1.82, 2.24) is 4.72 Å². The summed E-state index contributed by atoms with van der Waals surface area (Å²) in [5.74, 6) is -2.50. The van der Waals surface area contributed by atoms with E-state index >= 15 is 0 Å². The normalized spacial score (nSPS) is 31.1. The van der Waals surface area contributed by atoms with Crippen LogP contribution >= 0.6 is 11.6 Å². The van der Waals surface area contributed by atoms with Gasteiger partial charge in [0.25, 0.3) is 5.91 Å². The maximum absolute atomic E-state index is 14.6. The smallest absolute Gasteiger partial charge is 0.267 e. The highest BCUT2D eigenvalue weighted by Crippen LogP contribution is 2.60. The molecular formula is C19H22ClF2NO4S. The predicted molar refractivity (Wildman–Crippen MR) is 99.8 cm³/mol. The van der Waals surface area contributed by atoms with Gasteiger partial charge in [-0.05, 0) is 62.3 Å². The quantitative estimate of drug-likeness (QED) is 0.715. The first-order chi connectivity index (χ1) is 13.1. The van der Waals surface area contributed by atoms with Crippen LogP contribution in [0.15, 0.2) is 6.07 Å². The van der Waals surface area contributed by atoms with Gasteiger partial charge in [-0.2, -0.15) is 4.39 Å². The van der Waals surface area contributed by atoms with E-state index < -0.39 is 38.9 Å². The number of amides is 1. The molecule has 0 aromatic heterocycles. The van der Waals surface area contributed by atoms with E-state index in [9.17, 15) is 22.0 Å². The van der Waals surface area contributed by atoms with Gasteiger partial charge in [-0.15, -0.1) is 0 Å². The summed E-state index contributed by atoms with van der Waals surface area (Å²) >= 11 is 6.05. The van der Waals surface area contributed by atoms with Crippen molar-refractivity contribution in [2.24, 2.45) is 23.2 Å². The van der Waals surface area contributed by atoms with E-state index in [-0.39, 0.29) is 17.0 Å². The van der Waals surface area contributed by atoms with E-state index in [0.29, 0.717) is 17.8 Å². The molecule has 1 N–H and O–H groups in total. The minimum absolute atomic E-state index is 0.0205. The first kappa shape index (κ1) is 19.9. The van der Waals surface area contributed by atoms with Crippen molar-refractivity contribution in [2.75, 3.05) is 12.9 Å². The molecule has 4 aliphatic carbocycles. The summed E-state index contributed by atoms with van der Waals surface area (Å²) in [5.41, 5.74) is -0.803. The number of carbonyl (C=O) groups excluding carboxylic acids is 1. The number of carbonyl (C=O) groups is 1. The Morgan fingerprint density at radius 2 is 1.71 bits per heavy atom. The number of rotatable bonds is 5. The first-order valence-corrected chi connectivity index (χ1v) is 11.6. The molecule has 4 aliphatic rings. The van der Waals surface area contributed by atoms with Crippen LogP contribution in [-0.4, -0.2) is 27.2 Å². The fourth-order valence-corrected chi connectivity index (χ4v) is 6.48. The molecule has 154 valence electrons. The molecule has 0 radical (unpaired) electrons. The SMILES string of the molecule is CS(=O)(=O)NC(=O)c1cc(Cl)c(OCC23CC4CC(CC(C4)C2)C3)c(F)c1F. The number of nitrogens with one attached hydrogen (secondary N) is 1. The third kappa shape index (κ3) is 3.73. The Balaban J connectivity index is 1.54. The summed E-state index contributed by atoms with van der Waals surface area (Å²) in [6.07, 6.45) is 7.62. The van der Waals surface area contributed by atoms with Crippen molar-refractivity contribution in [3.63, 3.8) is 0 Å². The van der Waals surface area contributed by atoms with Crippen molar-refractivity contribution in [3.05, 3.63) is 28.3 Å². The van der Waals surface area contributed by atoms with Crippen molar-refractivity contribution in [2.45, 2.75) is 38.5 Å². The zero-order valence-electron chi connectivity index (χ0n) is 15.4. The maximum Gasteiger partial charge on any atom is 0.267 e. The van der Waals surface area contributed by atoms with Crippen molar-refractivity contribution in [1.29, 1.82) is 0 Å². The molecular weight excluding hydrogens is 412 g/mol. The zero-order valence-corrected chi connectivity index (χ0v) is 17.0. The third-order valence-electron chi connectivity index (χ3n) is 6.33. The summed E-state index contributed by atoms with van der Waals surface area (Å²) in [7, 11) is -3.92. The van der Waals surface area contributed by atoms with Crippen molar-refractivity contribution >= 4 is 27.5 Å². The van der Waals surface area contributed by atoms with Gasteiger partial charge in [0.05, 0.1) is 23.4 Å². The second-order valence-corrected chi connectivity index (χ2v) is 10.9. The molecule has 28 heavy (non-hydrogen) atoms. The van der Waals surface area contributed by atoms with Gasteiger partial charge in [-0.3, -0.25) is 4.79 Å². The standard InChI is InChI=1S/C19H22ClF2NO4S/c1-28(25,26)23-18(24)13-5-14(20)17(16(22)15(13)21)27-9-19-6-10-2-11(7-19)4-12(3-10)8-19/h5,10-12H,2-4,6-9H2,1H3,(H,23,24). The third-order valence-corrected chi connectivity index (χ3v) is 7.16. The van der Waals surface area contributed by atoms with Gasteiger partial charge in [0.1, 0.15) is 0 Å². The first-order valence-electron chi connectivity index (χ1n) is 9.38. The van der Waals surface area contributed by atoms with Gasteiger partial charge in [-0.1, -0.05) is 11.6 Å². The average molecular weight is 434 g/mol. The molecule has 0 spiro atoms. The monoisotopic (exact) mass is 433 g/mol. The molecule has 1 aromatic carbocycles. The van der Waals surface area contributed by atoms with Crippen molar-refractivity contribution < 1.29 is 26.7 Å². The van der Waals surface area contributed by atoms with Crippen LogP contribution in [0.5, 0.6) is 5.75 Å². The van der Waals surface area contributed by atoms with Crippen LogP contribution in [0.1, 0.15) is 48.9 Å². The predicted octanol–water partition coefficient (Wildman–Crippen LogP) is 3.90. The van der Waals surface area contributed by atoms with E-state index in [2.05, 4.69) is 0 Å². The molecule has 5 nitrogen and oxygen atoms in total. The van der Waals surface area contributed by atoms with Gasteiger partial charge in [0.15, 0.2) is 11.6 Å². The van der Waals surface area contributed by atoms with Gasteiger partial charge in [-0.25, -0.2) is 17.5 Å². The number of sulfonamides is 1. The Bertz CT molecular complexity index is 899. The molecule has 4 fully saturated rings. The summed E-state index contributed by atoms with van der Waals surface area (Å²) in [6, 6.07) is 0.898. The summed E-state index contributed by atoms with van der Waals surface area (Å²) in [5, 5.41) is -0.262. The maximum atomic E-state index is 14.6. The second-order valence-electron chi connectivity index (χ2n) is 8.77. The number of ether oxygens (including phenoxy) is 1. The molecule has 1 aromatic rings. The Labute approximate surface area is 167 Å². The Morgan fingerprint density at radius 1 is 1.18 bits per heavy atom. The van der Waals surface area contributed by atoms with Gasteiger partial charge < -0.3 is 4.74 Å². The molecule has 1 amide bonds. The molecule has 9 heteroatoms. The Hall–Kier alpha value is -1.41. The van der Waals surface area contributed by atoms with Crippen LogP contribution in [0.4, 0.5) is 8.78 Å². The van der Waals surface area contributed by atoms with Crippen LogP contribution in [0.25, 0.3) is 0 Å². The molecule has 0 unspecified atom stereocenters. The average Bonchev–Trinajstić information content (AvgIpc) is 2.55. The second kappa shape index (κ2) is 6.83. The summed E-state index contributed by atoms with van der Waals surface area (Å²) in [6.45, 7) is 0.265. The van der Waals surface area contributed by atoms with Gasteiger partial charge in [0, 0.05) is 5.41 Å². The van der Waals surface area contributed by atoms with Crippen LogP contribution in [-0.2, 0) is 10.0 Å².